The lowest BCUT2D eigenvalue weighted by Gasteiger charge is -2.16. The molecule has 0 aliphatic carbocycles. The van der Waals surface area contributed by atoms with E-state index >= 15 is 0 Å². The Kier molecular flexibility index (Phi) is 5.65. The summed E-state index contributed by atoms with van der Waals surface area (Å²) in [4.78, 5) is 3.30. The molecule has 13 nitrogen and oxygen atoms in total. The molecule has 0 unspecified atom stereocenters. The van der Waals surface area contributed by atoms with E-state index in [-0.39, 0.29) is 23.9 Å². The lowest BCUT2D eigenvalue weighted by Crippen LogP contribution is -2.22. The maximum absolute atomic E-state index is 12.9. The number of rotatable bonds is 7. The first kappa shape index (κ1) is 22.8. The Morgan fingerprint density at radius 1 is 1.09 bits per heavy atom. The molecule has 0 radical (unpaired) electrons. The number of sulfone groups is 1. The van der Waals surface area contributed by atoms with E-state index in [0.717, 1.165) is 0 Å². The van der Waals surface area contributed by atoms with Crippen LogP contribution >= 0.6 is 0 Å². The van der Waals surface area contributed by atoms with Crippen LogP contribution in [0.4, 0.5) is 5.95 Å². The second-order valence-electron chi connectivity index (χ2n) is 7.09. The van der Waals surface area contributed by atoms with Crippen molar-refractivity contribution in [3.63, 3.8) is 0 Å². The molecule has 2 aromatic heterocycles. The highest BCUT2D eigenvalue weighted by Crippen LogP contribution is 2.41. The van der Waals surface area contributed by atoms with Crippen molar-refractivity contribution in [2.45, 2.75) is 23.3 Å². The summed E-state index contributed by atoms with van der Waals surface area (Å²) in [5.41, 5.74) is 13.3. The molecule has 33 heavy (non-hydrogen) atoms. The molecule has 0 amide bonds. The lowest BCUT2D eigenvalue weighted by molar-refractivity contribution is 0.583. The van der Waals surface area contributed by atoms with Crippen molar-refractivity contribution < 1.29 is 16.8 Å². The monoisotopic (exact) mass is 491 g/mol. The molecule has 0 saturated heterocycles. The SMILES string of the molecule is CCn1c(N)nc2c(-c3ccc(S(=O)(=O)CCN)c(S(N)(=O)=O)c3-c3nn[nH]n3)cccc21. The third kappa shape index (κ3) is 3.84. The Morgan fingerprint density at radius 2 is 1.85 bits per heavy atom. The topological polar surface area (TPSA) is 219 Å². The average Bonchev–Trinajstić information content (AvgIpc) is 3.38. The maximum atomic E-state index is 12.9. The van der Waals surface area contributed by atoms with Crippen molar-refractivity contribution in [2.24, 2.45) is 10.9 Å². The first-order valence-electron chi connectivity index (χ1n) is 9.71. The molecule has 0 fully saturated rings. The van der Waals surface area contributed by atoms with Crippen LogP contribution in [0.1, 0.15) is 6.92 Å². The van der Waals surface area contributed by atoms with Gasteiger partial charge in [0.15, 0.2) is 9.84 Å². The van der Waals surface area contributed by atoms with Gasteiger partial charge in [-0.2, -0.15) is 5.21 Å². The number of fused-ring (bicyclic) bond motifs is 1. The van der Waals surface area contributed by atoms with Crippen LogP contribution in [-0.4, -0.2) is 59.3 Å². The number of primary sulfonamides is 1. The molecule has 7 N–H and O–H groups in total. The number of aryl methyl sites for hydroxylation is 1. The number of benzene rings is 2. The van der Waals surface area contributed by atoms with Gasteiger partial charge in [-0.1, -0.05) is 18.2 Å². The number of tetrazole rings is 1. The fourth-order valence-electron chi connectivity index (χ4n) is 3.78. The third-order valence-corrected chi connectivity index (χ3v) is 8.02. The zero-order chi connectivity index (χ0) is 24.0. The van der Waals surface area contributed by atoms with E-state index in [1.54, 1.807) is 16.7 Å². The summed E-state index contributed by atoms with van der Waals surface area (Å²) in [6.45, 7) is 2.26. The predicted octanol–water partition coefficient (Wildman–Crippen LogP) is -0.135. The van der Waals surface area contributed by atoms with E-state index in [4.69, 9.17) is 16.6 Å². The average molecular weight is 492 g/mol. The van der Waals surface area contributed by atoms with Gasteiger partial charge >= 0.3 is 0 Å². The summed E-state index contributed by atoms with van der Waals surface area (Å²) < 4.78 is 53.0. The van der Waals surface area contributed by atoms with Gasteiger partial charge in [-0.25, -0.2) is 27.0 Å². The summed E-state index contributed by atoms with van der Waals surface area (Å²) in [6, 6.07) is 7.91. The number of hydrogen-bond donors (Lipinski definition) is 4. The number of nitrogen functional groups attached to an aromatic ring is 1. The number of H-pyrrole nitrogens is 1. The molecular weight excluding hydrogens is 470 g/mol. The van der Waals surface area contributed by atoms with Crippen molar-refractivity contribution in [1.29, 1.82) is 0 Å². The van der Waals surface area contributed by atoms with E-state index < -0.39 is 35.4 Å². The van der Waals surface area contributed by atoms with Gasteiger partial charge < -0.3 is 16.0 Å². The molecule has 0 aliphatic rings. The standard InChI is InChI=1S/C18H21N9O4S2/c1-2-27-12-5-3-4-11(15(12)22-18(27)20)10-6-7-13(32(28,29)9-8-19)16(33(21,30)31)14(10)17-23-25-26-24-17/h3-7H,2,8-9,19H2,1H3,(H2,20,22)(H2,21,30,31)(H,23,24,25,26). The van der Waals surface area contributed by atoms with Crippen molar-refractivity contribution >= 4 is 36.8 Å². The first-order valence-corrected chi connectivity index (χ1v) is 12.9. The van der Waals surface area contributed by atoms with Crippen LogP contribution in [0.2, 0.25) is 0 Å². The van der Waals surface area contributed by atoms with Crippen LogP contribution < -0.4 is 16.6 Å². The molecule has 2 aromatic carbocycles. The summed E-state index contributed by atoms with van der Waals surface area (Å²) in [7, 11) is -8.67. The van der Waals surface area contributed by atoms with Crippen molar-refractivity contribution in [3.05, 3.63) is 30.3 Å². The number of nitrogens with zero attached hydrogens (tertiary/aromatic N) is 5. The van der Waals surface area contributed by atoms with E-state index in [9.17, 15) is 16.8 Å². The van der Waals surface area contributed by atoms with Crippen LogP contribution in [0, 0.1) is 0 Å². The Hall–Kier alpha value is -3.40. The summed E-state index contributed by atoms with van der Waals surface area (Å²) in [5, 5.41) is 19.1. The van der Waals surface area contributed by atoms with E-state index in [1.165, 1.54) is 12.1 Å². The lowest BCUT2D eigenvalue weighted by atomic mass is 9.98. The Balaban J connectivity index is 2.18. The molecule has 4 aromatic rings. The second-order valence-corrected chi connectivity index (χ2v) is 10.7. The zero-order valence-electron chi connectivity index (χ0n) is 17.4. The number of nitrogens with two attached hydrogens (primary N) is 3. The first-order chi connectivity index (χ1) is 15.6. The number of sulfonamides is 1. The third-order valence-electron chi connectivity index (χ3n) is 5.11. The highest BCUT2D eigenvalue weighted by molar-refractivity contribution is 7.93. The predicted molar refractivity (Wildman–Crippen MR) is 121 cm³/mol. The van der Waals surface area contributed by atoms with Crippen LogP contribution in [-0.2, 0) is 26.4 Å². The van der Waals surface area contributed by atoms with Crippen LogP contribution in [0.25, 0.3) is 33.5 Å². The van der Waals surface area contributed by atoms with Gasteiger partial charge in [0.2, 0.25) is 21.8 Å². The largest absolute Gasteiger partial charge is 0.369 e. The quantitative estimate of drug-likeness (QED) is 0.268. The normalized spacial score (nSPS) is 12.5. The highest BCUT2D eigenvalue weighted by atomic mass is 32.2. The summed E-state index contributed by atoms with van der Waals surface area (Å²) >= 11 is 0. The number of aromatic amines is 1. The van der Waals surface area contributed by atoms with Gasteiger partial charge in [0.25, 0.3) is 0 Å². The highest BCUT2D eigenvalue weighted by Gasteiger charge is 2.32. The van der Waals surface area contributed by atoms with Gasteiger partial charge in [-0.05, 0) is 29.8 Å². The summed E-state index contributed by atoms with van der Waals surface area (Å²) in [5.74, 6) is -0.360. The van der Waals surface area contributed by atoms with Gasteiger partial charge in [0, 0.05) is 18.7 Å². The Bertz CT molecular complexity index is 1560. The van der Waals surface area contributed by atoms with Gasteiger partial charge in [0.05, 0.1) is 27.2 Å². The molecule has 15 heteroatoms. The summed E-state index contributed by atoms with van der Waals surface area (Å²) in [6.07, 6.45) is 0. The van der Waals surface area contributed by atoms with Gasteiger partial charge in [0.1, 0.15) is 4.90 Å². The fourth-order valence-corrected chi connectivity index (χ4v) is 6.54. The van der Waals surface area contributed by atoms with Gasteiger partial charge in [-0.3, -0.25) is 0 Å². The molecule has 0 bridgehead atoms. The molecule has 0 aliphatic heterocycles. The van der Waals surface area contributed by atoms with Crippen LogP contribution in [0.3, 0.4) is 0 Å². The molecule has 0 spiro atoms. The maximum Gasteiger partial charge on any atom is 0.240 e. The van der Waals surface area contributed by atoms with E-state index in [2.05, 4.69) is 25.6 Å². The molecule has 2 heterocycles. The number of nitrogens with one attached hydrogen (secondary N) is 1. The number of aromatic nitrogens is 6. The minimum atomic E-state index is -4.57. The number of imidazole rings is 1. The molecule has 4 rings (SSSR count). The number of hydrogen-bond acceptors (Lipinski definition) is 10. The minimum Gasteiger partial charge on any atom is -0.369 e. The molecular formula is C18H21N9O4S2. The van der Waals surface area contributed by atoms with E-state index in [1.807, 2.05) is 13.0 Å². The minimum absolute atomic E-state index is 0.124. The second kappa shape index (κ2) is 8.18. The molecule has 0 saturated carbocycles. The Labute approximate surface area is 189 Å². The number of para-hydroxylation sites is 1. The van der Waals surface area contributed by atoms with Crippen LogP contribution in [0.5, 0.6) is 0 Å². The smallest absolute Gasteiger partial charge is 0.240 e. The number of anilines is 1. The molecule has 174 valence electrons. The van der Waals surface area contributed by atoms with Crippen molar-refractivity contribution in [3.8, 4) is 22.5 Å². The van der Waals surface area contributed by atoms with Crippen LogP contribution in [0.15, 0.2) is 40.1 Å². The van der Waals surface area contributed by atoms with Gasteiger partial charge in [-0.15, -0.1) is 10.2 Å². The van der Waals surface area contributed by atoms with Crippen molar-refractivity contribution in [2.75, 3.05) is 18.0 Å². The fraction of sp³-hybridized carbons (Fsp3) is 0.222. The zero-order valence-corrected chi connectivity index (χ0v) is 19.1. The molecule has 0 atom stereocenters. The van der Waals surface area contributed by atoms with E-state index in [0.29, 0.717) is 28.7 Å². The van der Waals surface area contributed by atoms with Crippen molar-refractivity contribution in [1.82, 2.24) is 30.2 Å². The Morgan fingerprint density at radius 3 is 2.45 bits per heavy atom.